The summed E-state index contributed by atoms with van der Waals surface area (Å²) in [6.07, 6.45) is 3.14. The van der Waals surface area contributed by atoms with Gasteiger partial charge in [0.1, 0.15) is 0 Å². The van der Waals surface area contributed by atoms with Crippen molar-refractivity contribution in [2.24, 2.45) is 7.05 Å². The summed E-state index contributed by atoms with van der Waals surface area (Å²) in [4.78, 5) is 2.26. The molecule has 0 aliphatic heterocycles. The molecule has 1 heterocycles. The van der Waals surface area contributed by atoms with E-state index in [1.54, 1.807) is 0 Å². The van der Waals surface area contributed by atoms with Crippen LogP contribution in [-0.4, -0.2) is 41.4 Å². The van der Waals surface area contributed by atoms with E-state index in [1.165, 1.54) is 6.42 Å². The van der Waals surface area contributed by atoms with Crippen LogP contribution in [0.3, 0.4) is 0 Å². The van der Waals surface area contributed by atoms with E-state index < -0.39 is 0 Å². The normalized spacial score (nSPS) is 12.6. The molecule has 1 unspecified atom stereocenters. The highest BCUT2D eigenvalue weighted by atomic mass is 35.5. The molecule has 1 rings (SSSR count). The van der Waals surface area contributed by atoms with Crippen molar-refractivity contribution in [1.82, 2.24) is 20.0 Å². The third-order valence-electron chi connectivity index (χ3n) is 2.66. The first-order valence-electron chi connectivity index (χ1n) is 5.49. The number of nitrogens with one attached hydrogen (secondary N) is 1. The second-order valence-corrected chi connectivity index (χ2v) is 4.14. The van der Waals surface area contributed by atoms with Crippen molar-refractivity contribution in [3.05, 3.63) is 18.0 Å². The van der Waals surface area contributed by atoms with Crippen LogP contribution in [-0.2, 0) is 13.6 Å². The summed E-state index contributed by atoms with van der Waals surface area (Å²) in [6, 6.07) is 2.65. The van der Waals surface area contributed by atoms with Crippen molar-refractivity contribution < 1.29 is 0 Å². The molecule has 0 bridgehead atoms. The third kappa shape index (κ3) is 4.96. The number of aromatic nitrogens is 2. The van der Waals surface area contributed by atoms with E-state index in [2.05, 4.69) is 36.3 Å². The molecule has 5 heteroatoms. The number of aryl methyl sites for hydroxylation is 1. The van der Waals surface area contributed by atoms with Gasteiger partial charge in [-0.3, -0.25) is 4.68 Å². The topological polar surface area (TPSA) is 33.1 Å². The first-order chi connectivity index (χ1) is 7.13. The molecule has 0 aromatic carbocycles. The number of hydrogen-bond acceptors (Lipinski definition) is 3. The Bertz CT molecular complexity index is 285. The van der Waals surface area contributed by atoms with Gasteiger partial charge < -0.3 is 10.2 Å². The largest absolute Gasteiger partial charge is 0.310 e. The molecule has 0 amide bonds. The lowest BCUT2D eigenvalue weighted by Gasteiger charge is -2.22. The molecule has 16 heavy (non-hydrogen) atoms. The van der Waals surface area contributed by atoms with Crippen LogP contribution in [0.5, 0.6) is 0 Å². The van der Waals surface area contributed by atoms with Crippen molar-refractivity contribution in [3.8, 4) is 0 Å². The minimum Gasteiger partial charge on any atom is -0.310 e. The molecule has 0 spiro atoms. The van der Waals surface area contributed by atoms with Gasteiger partial charge in [-0.25, -0.2) is 0 Å². The molecule has 1 N–H and O–H groups in total. The van der Waals surface area contributed by atoms with E-state index in [0.717, 1.165) is 18.8 Å². The zero-order chi connectivity index (χ0) is 11.3. The highest BCUT2D eigenvalue weighted by Gasteiger charge is 2.07. The molecular weight excluding hydrogens is 224 g/mol. The van der Waals surface area contributed by atoms with Gasteiger partial charge in [0.15, 0.2) is 0 Å². The number of hydrogen-bond donors (Lipinski definition) is 1. The second kappa shape index (κ2) is 7.65. The molecule has 0 saturated carbocycles. The number of nitrogens with zero attached hydrogens (tertiary/aromatic N) is 3. The Morgan fingerprint density at radius 3 is 2.62 bits per heavy atom. The van der Waals surface area contributed by atoms with Gasteiger partial charge in [-0.05, 0) is 26.6 Å². The van der Waals surface area contributed by atoms with Crippen molar-refractivity contribution in [1.29, 1.82) is 0 Å². The maximum atomic E-state index is 4.32. The summed E-state index contributed by atoms with van der Waals surface area (Å²) in [6.45, 7) is 4.08. The highest BCUT2D eigenvalue weighted by molar-refractivity contribution is 5.85. The average Bonchev–Trinajstić information content (AvgIpc) is 2.58. The van der Waals surface area contributed by atoms with E-state index >= 15 is 0 Å². The molecule has 0 fully saturated rings. The standard InChI is InChI=1S/C11H22N4.ClH/c1-5-11(14(2)3)9-12-8-10-6-7-15(4)13-10;/h6-7,11-12H,5,8-9H2,1-4H3;1H. The smallest absolute Gasteiger partial charge is 0.0762 e. The van der Waals surface area contributed by atoms with Crippen LogP contribution in [0.25, 0.3) is 0 Å². The molecular formula is C11H23ClN4. The summed E-state index contributed by atoms with van der Waals surface area (Å²) in [5.41, 5.74) is 1.10. The Morgan fingerprint density at radius 1 is 1.50 bits per heavy atom. The van der Waals surface area contributed by atoms with Crippen LogP contribution >= 0.6 is 12.4 Å². The second-order valence-electron chi connectivity index (χ2n) is 4.14. The SMILES string of the molecule is CCC(CNCc1ccn(C)n1)N(C)C.Cl. The van der Waals surface area contributed by atoms with Gasteiger partial charge in [-0.1, -0.05) is 6.92 Å². The fraction of sp³-hybridized carbons (Fsp3) is 0.727. The first-order valence-corrected chi connectivity index (χ1v) is 5.49. The van der Waals surface area contributed by atoms with Crippen LogP contribution in [0, 0.1) is 0 Å². The van der Waals surface area contributed by atoms with Crippen molar-refractivity contribution >= 4 is 12.4 Å². The number of halogens is 1. The number of likely N-dealkylation sites (N-methyl/N-ethyl adjacent to an activating group) is 1. The van der Waals surface area contributed by atoms with Crippen LogP contribution in [0.2, 0.25) is 0 Å². The van der Waals surface area contributed by atoms with Gasteiger partial charge in [0.05, 0.1) is 5.69 Å². The first kappa shape index (κ1) is 15.4. The maximum Gasteiger partial charge on any atom is 0.0762 e. The Balaban J connectivity index is 0.00000225. The summed E-state index contributed by atoms with van der Waals surface area (Å²) < 4.78 is 1.83. The monoisotopic (exact) mass is 246 g/mol. The molecule has 0 aliphatic carbocycles. The zero-order valence-corrected chi connectivity index (χ0v) is 11.4. The van der Waals surface area contributed by atoms with E-state index in [0.29, 0.717) is 6.04 Å². The third-order valence-corrected chi connectivity index (χ3v) is 2.66. The predicted molar refractivity (Wildman–Crippen MR) is 69.9 cm³/mol. The fourth-order valence-corrected chi connectivity index (χ4v) is 1.62. The molecule has 1 atom stereocenters. The Morgan fingerprint density at radius 2 is 2.19 bits per heavy atom. The molecule has 4 nitrogen and oxygen atoms in total. The van der Waals surface area contributed by atoms with Crippen LogP contribution in [0.15, 0.2) is 12.3 Å². The van der Waals surface area contributed by atoms with E-state index in [9.17, 15) is 0 Å². The zero-order valence-electron chi connectivity index (χ0n) is 10.6. The minimum absolute atomic E-state index is 0. The minimum atomic E-state index is 0. The van der Waals surface area contributed by atoms with Crippen LogP contribution in [0.4, 0.5) is 0 Å². The Labute approximate surface area is 104 Å². The molecule has 0 radical (unpaired) electrons. The van der Waals surface area contributed by atoms with E-state index in [-0.39, 0.29) is 12.4 Å². The molecule has 0 saturated heterocycles. The summed E-state index contributed by atoms with van der Waals surface area (Å²) >= 11 is 0. The quantitative estimate of drug-likeness (QED) is 0.821. The van der Waals surface area contributed by atoms with Crippen molar-refractivity contribution in [3.63, 3.8) is 0 Å². The Kier molecular flexibility index (Phi) is 7.38. The van der Waals surface area contributed by atoms with Gasteiger partial charge >= 0.3 is 0 Å². The highest BCUT2D eigenvalue weighted by Crippen LogP contribution is 1.98. The average molecular weight is 247 g/mol. The molecule has 94 valence electrons. The molecule has 0 aliphatic rings. The van der Waals surface area contributed by atoms with Gasteiger partial charge in [0.2, 0.25) is 0 Å². The molecule has 1 aromatic heterocycles. The van der Waals surface area contributed by atoms with Crippen LogP contribution < -0.4 is 5.32 Å². The number of rotatable bonds is 6. The van der Waals surface area contributed by atoms with Gasteiger partial charge in [-0.15, -0.1) is 12.4 Å². The van der Waals surface area contributed by atoms with E-state index in [1.807, 2.05) is 24.0 Å². The Hall–Kier alpha value is -0.580. The summed E-state index contributed by atoms with van der Waals surface area (Å²) in [5, 5.41) is 7.75. The molecule has 1 aromatic rings. The summed E-state index contributed by atoms with van der Waals surface area (Å²) in [7, 11) is 6.19. The lowest BCUT2D eigenvalue weighted by Crippen LogP contribution is -2.37. The predicted octanol–water partition coefficient (Wildman–Crippen LogP) is 1.27. The lowest BCUT2D eigenvalue weighted by atomic mass is 10.2. The van der Waals surface area contributed by atoms with Crippen molar-refractivity contribution in [2.45, 2.75) is 25.9 Å². The summed E-state index contributed by atoms with van der Waals surface area (Å²) in [5.74, 6) is 0. The van der Waals surface area contributed by atoms with Crippen LogP contribution in [0.1, 0.15) is 19.0 Å². The van der Waals surface area contributed by atoms with E-state index in [4.69, 9.17) is 0 Å². The van der Waals surface area contributed by atoms with Gasteiger partial charge in [0, 0.05) is 32.4 Å². The van der Waals surface area contributed by atoms with Crippen molar-refractivity contribution in [2.75, 3.05) is 20.6 Å². The van der Waals surface area contributed by atoms with Gasteiger partial charge in [0.25, 0.3) is 0 Å². The lowest BCUT2D eigenvalue weighted by molar-refractivity contribution is 0.275. The maximum absolute atomic E-state index is 4.32. The fourth-order valence-electron chi connectivity index (χ4n) is 1.62. The van der Waals surface area contributed by atoms with Gasteiger partial charge in [-0.2, -0.15) is 5.10 Å².